The van der Waals surface area contributed by atoms with E-state index in [2.05, 4.69) is 25.6 Å². The third-order valence-corrected chi connectivity index (χ3v) is 3.35. The number of alkyl halides is 3. The van der Waals surface area contributed by atoms with Crippen LogP contribution in [0.4, 0.5) is 13.2 Å². The second-order valence-electron chi connectivity index (χ2n) is 5.18. The van der Waals surface area contributed by atoms with E-state index in [0.717, 1.165) is 0 Å². The molecule has 0 fully saturated rings. The second kappa shape index (κ2) is 7.21. The highest BCUT2D eigenvalue weighted by Crippen LogP contribution is 2.22. The van der Waals surface area contributed by atoms with Crippen molar-refractivity contribution in [2.75, 3.05) is 0 Å². The van der Waals surface area contributed by atoms with Crippen LogP contribution in [0.2, 0.25) is 0 Å². The number of halogens is 3. The van der Waals surface area contributed by atoms with E-state index < -0.39 is 6.36 Å². The van der Waals surface area contributed by atoms with Crippen molar-refractivity contribution in [3.8, 4) is 11.4 Å². The fourth-order valence-electron chi connectivity index (χ4n) is 2.14. The van der Waals surface area contributed by atoms with Crippen LogP contribution < -0.4 is 10.1 Å². The lowest BCUT2D eigenvalue weighted by Gasteiger charge is -2.10. The number of nitrogens with zero attached hydrogens (tertiary/aromatic N) is 4. The molecule has 0 aliphatic carbocycles. The first-order valence-corrected chi connectivity index (χ1v) is 7.37. The maximum Gasteiger partial charge on any atom is 0.573 e. The van der Waals surface area contributed by atoms with Crippen molar-refractivity contribution in [1.82, 2.24) is 25.5 Å². The van der Waals surface area contributed by atoms with Gasteiger partial charge in [0.15, 0.2) is 0 Å². The Kier molecular flexibility index (Phi) is 4.83. The number of nitrogens with one attached hydrogen (secondary N) is 1. The molecule has 3 aromatic rings. The highest BCUT2D eigenvalue weighted by Gasteiger charge is 2.30. The quantitative estimate of drug-likeness (QED) is 0.753. The van der Waals surface area contributed by atoms with E-state index in [-0.39, 0.29) is 18.2 Å². The molecule has 0 spiro atoms. The predicted molar refractivity (Wildman–Crippen MR) is 83.4 cm³/mol. The number of hydrogen-bond donors (Lipinski definition) is 1. The number of hydrogen-bond acceptors (Lipinski definition) is 5. The van der Waals surface area contributed by atoms with Crippen LogP contribution >= 0.6 is 0 Å². The van der Waals surface area contributed by atoms with Gasteiger partial charge in [0, 0.05) is 12.1 Å². The summed E-state index contributed by atoms with van der Waals surface area (Å²) in [7, 11) is 0. The lowest BCUT2D eigenvalue weighted by molar-refractivity contribution is -0.274. The molecule has 0 atom stereocenters. The van der Waals surface area contributed by atoms with Crippen molar-refractivity contribution >= 4 is 5.91 Å². The van der Waals surface area contributed by atoms with Gasteiger partial charge in [-0.05, 0) is 52.4 Å². The zero-order valence-corrected chi connectivity index (χ0v) is 13.1. The maximum absolute atomic E-state index is 12.1. The molecule has 7 nitrogen and oxygen atoms in total. The minimum absolute atomic E-state index is 0.167. The summed E-state index contributed by atoms with van der Waals surface area (Å²) < 4.78 is 41.6. The summed E-state index contributed by atoms with van der Waals surface area (Å²) in [5, 5.41) is 13.5. The van der Waals surface area contributed by atoms with E-state index >= 15 is 0 Å². The fraction of sp³-hybridized carbons (Fsp3) is 0.125. The Balaban J connectivity index is 1.57. The molecule has 0 bridgehead atoms. The van der Waals surface area contributed by atoms with Crippen molar-refractivity contribution in [2.24, 2.45) is 0 Å². The van der Waals surface area contributed by atoms with Gasteiger partial charge in [0.1, 0.15) is 12.1 Å². The largest absolute Gasteiger partial charge is 0.573 e. The summed E-state index contributed by atoms with van der Waals surface area (Å²) in [6.07, 6.45) is -3.30. The topological polar surface area (TPSA) is 81.9 Å². The standard InChI is InChI=1S/C16H12F3N5O2/c17-16(18,19)26-14-7-1-11(2-8-14)9-20-15(25)12-3-5-13(6-4-12)24-10-21-22-23-24/h1-8,10H,9H2,(H,20,25). The first-order valence-electron chi connectivity index (χ1n) is 7.37. The Morgan fingerprint density at radius 2 is 1.77 bits per heavy atom. The monoisotopic (exact) mass is 363 g/mol. The number of carbonyl (C=O) groups is 1. The molecule has 3 rings (SSSR count). The number of aromatic nitrogens is 4. The summed E-state index contributed by atoms with van der Waals surface area (Å²) in [6.45, 7) is 0.167. The molecule has 26 heavy (non-hydrogen) atoms. The normalized spacial score (nSPS) is 11.2. The second-order valence-corrected chi connectivity index (χ2v) is 5.18. The Labute approximate surface area is 145 Å². The van der Waals surface area contributed by atoms with E-state index in [0.29, 0.717) is 16.8 Å². The summed E-state index contributed by atoms with van der Waals surface area (Å²) in [6, 6.07) is 11.9. The van der Waals surface area contributed by atoms with Crippen LogP contribution in [0.25, 0.3) is 5.69 Å². The molecule has 0 unspecified atom stereocenters. The Bertz CT molecular complexity index is 862. The van der Waals surface area contributed by atoms with Crippen LogP contribution in [0.15, 0.2) is 54.9 Å². The molecule has 1 heterocycles. The van der Waals surface area contributed by atoms with Crippen LogP contribution in [-0.2, 0) is 6.54 Å². The van der Waals surface area contributed by atoms with Crippen LogP contribution in [0.1, 0.15) is 15.9 Å². The maximum atomic E-state index is 12.1. The molecule has 0 radical (unpaired) electrons. The highest BCUT2D eigenvalue weighted by atomic mass is 19.4. The summed E-state index contributed by atoms with van der Waals surface area (Å²) in [5.41, 5.74) is 1.77. The van der Waals surface area contributed by atoms with Crippen molar-refractivity contribution in [3.05, 3.63) is 66.0 Å². The summed E-state index contributed by atoms with van der Waals surface area (Å²) >= 11 is 0. The number of ether oxygens (including phenoxy) is 1. The van der Waals surface area contributed by atoms with Gasteiger partial charge < -0.3 is 10.1 Å². The molecular formula is C16H12F3N5O2. The van der Waals surface area contributed by atoms with Gasteiger partial charge in [-0.3, -0.25) is 4.79 Å². The predicted octanol–water partition coefficient (Wildman–Crippen LogP) is 2.49. The third kappa shape index (κ3) is 4.56. The van der Waals surface area contributed by atoms with Crippen LogP contribution in [-0.4, -0.2) is 32.5 Å². The molecular weight excluding hydrogens is 351 g/mol. The first kappa shape index (κ1) is 17.4. The molecule has 1 amide bonds. The van der Waals surface area contributed by atoms with Gasteiger partial charge in [0.2, 0.25) is 0 Å². The molecule has 10 heteroatoms. The number of amides is 1. The fourth-order valence-corrected chi connectivity index (χ4v) is 2.14. The molecule has 0 aliphatic heterocycles. The zero-order chi connectivity index (χ0) is 18.6. The lowest BCUT2D eigenvalue weighted by Crippen LogP contribution is -2.22. The van der Waals surface area contributed by atoms with Crippen LogP contribution in [0.5, 0.6) is 5.75 Å². The van der Waals surface area contributed by atoms with Gasteiger partial charge >= 0.3 is 6.36 Å². The summed E-state index contributed by atoms with van der Waals surface area (Å²) in [5.74, 6) is -0.630. The Morgan fingerprint density at radius 1 is 1.08 bits per heavy atom. The smallest absolute Gasteiger partial charge is 0.406 e. The highest BCUT2D eigenvalue weighted by molar-refractivity contribution is 5.94. The van der Waals surface area contributed by atoms with Gasteiger partial charge in [-0.2, -0.15) is 0 Å². The van der Waals surface area contributed by atoms with Gasteiger partial charge in [-0.25, -0.2) is 4.68 Å². The molecule has 1 N–H and O–H groups in total. The average Bonchev–Trinajstić information content (AvgIpc) is 3.14. The van der Waals surface area contributed by atoms with Gasteiger partial charge in [-0.15, -0.1) is 18.3 Å². The van der Waals surface area contributed by atoms with Gasteiger partial charge in [0.05, 0.1) is 5.69 Å². The van der Waals surface area contributed by atoms with Gasteiger partial charge in [-0.1, -0.05) is 12.1 Å². The number of tetrazole rings is 1. The lowest BCUT2D eigenvalue weighted by atomic mass is 10.1. The van der Waals surface area contributed by atoms with Crippen molar-refractivity contribution < 1.29 is 22.7 Å². The Hall–Kier alpha value is -3.43. The van der Waals surface area contributed by atoms with E-state index in [1.807, 2.05) is 0 Å². The van der Waals surface area contributed by atoms with Crippen molar-refractivity contribution in [1.29, 1.82) is 0 Å². The molecule has 0 saturated heterocycles. The van der Waals surface area contributed by atoms with Crippen LogP contribution in [0.3, 0.4) is 0 Å². The van der Waals surface area contributed by atoms with E-state index in [4.69, 9.17) is 0 Å². The van der Waals surface area contributed by atoms with Crippen LogP contribution in [0, 0.1) is 0 Å². The SMILES string of the molecule is O=C(NCc1ccc(OC(F)(F)F)cc1)c1ccc(-n2cnnn2)cc1. The number of benzene rings is 2. The zero-order valence-electron chi connectivity index (χ0n) is 13.1. The molecule has 0 aliphatic rings. The number of rotatable bonds is 5. The average molecular weight is 363 g/mol. The van der Waals surface area contributed by atoms with E-state index in [1.165, 1.54) is 35.3 Å². The minimum Gasteiger partial charge on any atom is -0.406 e. The third-order valence-electron chi connectivity index (χ3n) is 3.35. The van der Waals surface area contributed by atoms with E-state index in [1.54, 1.807) is 24.3 Å². The number of carbonyl (C=O) groups excluding carboxylic acids is 1. The molecule has 1 aromatic heterocycles. The first-order chi connectivity index (χ1) is 12.4. The van der Waals surface area contributed by atoms with E-state index in [9.17, 15) is 18.0 Å². The van der Waals surface area contributed by atoms with Gasteiger partial charge in [0.25, 0.3) is 5.91 Å². The van der Waals surface area contributed by atoms with Crippen molar-refractivity contribution in [3.63, 3.8) is 0 Å². The van der Waals surface area contributed by atoms with Crippen molar-refractivity contribution in [2.45, 2.75) is 12.9 Å². The Morgan fingerprint density at radius 3 is 2.35 bits per heavy atom. The molecule has 2 aromatic carbocycles. The molecule has 134 valence electrons. The summed E-state index contributed by atoms with van der Waals surface area (Å²) in [4.78, 5) is 12.1. The molecule has 0 saturated carbocycles. The minimum atomic E-state index is -4.73.